The number of carbonyl (C=O) groups excluding carboxylic acids is 2. The molecular weight excluding hydrogens is 610 g/mol. The smallest absolute Gasteiger partial charge is 0.549 e. The Bertz CT molecular complexity index is 1570. The van der Waals surface area contributed by atoms with Crippen LogP contribution in [0.4, 0.5) is 0 Å². The molecule has 1 aliphatic heterocycles. The van der Waals surface area contributed by atoms with Crippen LogP contribution in [0.1, 0.15) is 46.7 Å². The van der Waals surface area contributed by atoms with Gasteiger partial charge in [-0.25, -0.2) is 0 Å². The molecule has 5 rings (SSSR count). The van der Waals surface area contributed by atoms with Gasteiger partial charge in [-0.05, 0) is 91.6 Å². The minimum atomic E-state index is -1.17. The van der Waals surface area contributed by atoms with E-state index < -0.39 is 11.9 Å². The van der Waals surface area contributed by atoms with Gasteiger partial charge >= 0.3 is 29.6 Å². The Morgan fingerprint density at radius 3 is 2.17 bits per heavy atom. The Hall–Kier alpha value is -2.71. The SMILES string of the molecule is O=C(CCCc1ccc(Cl)cc1Oc1ccc(Cl)cc1)c1ccc(Oc2cc3c(cc2Cl)C(C(=O)[O-])CCO3)cc1.[Na+]. The number of aliphatic carboxylic acids is 1. The van der Waals surface area contributed by atoms with Gasteiger partial charge in [0.2, 0.25) is 0 Å². The molecule has 1 heterocycles. The Kier molecular flexibility index (Phi) is 11.2. The summed E-state index contributed by atoms with van der Waals surface area (Å²) in [6, 6.07) is 22.4. The predicted molar refractivity (Wildman–Crippen MR) is 156 cm³/mol. The van der Waals surface area contributed by atoms with Gasteiger partial charge in [-0.3, -0.25) is 4.79 Å². The van der Waals surface area contributed by atoms with E-state index in [0.29, 0.717) is 75.6 Å². The van der Waals surface area contributed by atoms with Crippen molar-refractivity contribution in [2.45, 2.75) is 31.6 Å². The van der Waals surface area contributed by atoms with Gasteiger partial charge in [-0.15, -0.1) is 0 Å². The van der Waals surface area contributed by atoms with Crippen LogP contribution in [0, 0.1) is 0 Å². The van der Waals surface area contributed by atoms with E-state index in [1.54, 1.807) is 66.7 Å². The van der Waals surface area contributed by atoms with Crippen molar-refractivity contribution in [1.82, 2.24) is 0 Å². The molecule has 0 saturated carbocycles. The van der Waals surface area contributed by atoms with E-state index in [9.17, 15) is 14.7 Å². The summed E-state index contributed by atoms with van der Waals surface area (Å²) in [5.41, 5.74) is 1.97. The largest absolute Gasteiger partial charge is 1.00 e. The number of fused-ring (bicyclic) bond motifs is 1. The number of ether oxygens (including phenoxy) is 3. The summed E-state index contributed by atoms with van der Waals surface area (Å²) in [5, 5.41) is 12.9. The van der Waals surface area contributed by atoms with E-state index in [4.69, 9.17) is 49.0 Å². The molecule has 42 heavy (non-hydrogen) atoms. The standard InChI is InChI=1S/C32H25Cl3O6.Na/c33-21-8-12-24(13-9-21)40-29-16-22(34)7-4-20(29)2-1-3-28(36)19-5-10-23(11-6-19)41-31-18-30-26(17-27(31)35)25(32(37)38)14-15-39-30;/h4-13,16-18,25H,1-3,14-15H2,(H,37,38);/q;+1/p-1. The molecule has 0 aliphatic carbocycles. The molecule has 0 N–H and O–H groups in total. The molecule has 1 unspecified atom stereocenters. The van der Waals surface area contributed by atoms with E-state index >= 15 is 0 Å². The third-order valence-corrected chi connectivity index (χ3v) is 7.50. The number of halogens is 3. The van der Waals surface area contributed by atoms with Crippen LogP contribution in [0.2, 0.25) is 15.1 Å². The Morgan fingerprint density at radius 1 is 0.833 bits per heavy atom. The molecule has 4 aromatic carbocycles. The average molecular weight is 634 g/mol. The maximum Gasteiger partial charge on any atom is 1.00 e. The minimum Gasteiger partial charge on any atom is -0.549 e. The van der Waals surface area contributed by atoms with E-state index in [0.717, 1.165) is 5.56 Å². The van der Waals surface area contributed by atoms with Crippen LogP contribution in [0.5, 0.6) is 28.7 Å². The molecule has 4 aromatic rings. The molecule has 0 radical (unpaired) electrons. The fourth-order valence-corrected chi connectivity index (χ4v) is 5.09. The van der Waals surface area contributed by atoms with Crippen molar-refractivity contribution < 1.29 is 58.5 Å². The number of carboxylic acids is 1. The second-order valence-corrected chi connectivity index (χ2v) is 10.8. The monoisotopic (exact) mass is 632 g/mol. The number of aryl methyl sites for hydroxylation is 1. The zero-order chi connectivity index (χ0) is 28.9. The van der Waals surface area contributed by atoms with Gasteiger partial charge in [-0.1, -0.05) is 40.9 Å². The van der Waals surface area contributed by atoms with Crippen molar-refractivity contribution >= 4 is 46.6 Å². The first-order chi connectivity index (χ1) is 19.8. The van der Waals surface area contributed by atoms with Gasteiger partial charge in [0.25, 0.3) is 0 Å². The molecule has 0 fully saturated rings. The van der Waals surface area contributed by atoms with E-state index in [1.165, 1.54) is 6.07 Å². The number of hydrogen-bond donors (Lipinski definition) is 0. The van der Waals surface area contributed by atoms with Gasteiger partial charge in [0, 0.05) is 45.5 Å². The minimum absolute atomic E-state index is 0. The molecule has 1 atom stereocenters. The maximum absolute atomic E-state index is 12.9. The second kappa shape index (κ2) is 14.6. The molecule has 6 nitrogen and oxygen atoms in total. The van der Waals surface area contributed by atoms with Crippen LogP contribution in [0.25, 0.3) is 0 Å². The molecular formula is C32H24Cl3NaO6. The van der Waals surface area contributed by atoms with Crippen molar-refractivity contribution in [2.24, 2.45) is 0 Å². The van der Waals surface area contributed by atoms with Gasteiger partial charge in [0.1, 0.15) is 28.7 Å². The number of benzene rings is 4. The number of carboxylic acid groups (broad SMARTS) is 1. The predicted octanol–water partition coefficient (Wildman–Crippen LogP) is 5.06. The van der Waals surface area contributed by atoms with Crippen LogP contribution >= 0.6 is 34.8 Å². The summed E-state index contributed by atoms with van der Waals surface area (Å²) in [4.78, 5) is 24.3. The summed E-state index contributed by atoms with van der Waals surface area (Å²) in [7, 11) is 0. The molecule has 0 saturated heterocycles. The van der Waals surface area contributed by atoms with Crippen molar-refractivity contribution in [3.8, 4) is 28.7 Å². The van der Waals surface area contributed by atoms with Crippen molar-refractivity contribution in [3.05, 3.63) is 111 Å². The first-order valence-electron chi connectivity index (χ1n) is 13.0. The van der Waals surface area contributed by atoms with Crippen LogP contribution in [-0.4, -0.2) is 18.4 Å². The normalized spacial score (nSPS) is 13.7. The fraction of sp³-hybridized carbons (Fsp3) is 0.188. The van der Waals surface area contributed by atoms with Gasteiger partial charge < -0.3 is 24.1 Å². The average Bonchev–Trinajstić information content (AvgIpc) is 2.95. The first kappa shape index (κ1) is 32.2. The number of rotatable bonds is 10. The molecule has 0 amide bonds. The summed E-state index contributed by atoms with van der Waals surface area (Å²) < 4.78 is 17.5. The molecule has 1 aliphatic rings. The zero-order valence-corrected chi connectivity index (χ0v) is 27.0. The van der Waals surface area contributed by atoms with Crippen LogP contribution in [0.3, 0.4) is 0 Å². The Balaban J connectivity index is 0.00000405. The van der Waals surface area contributed by atoms with Crippen molar-refractivity contribution in [1.29, 1.82) is 0 Å². The van der Waals surface area contributed by atoms with Gasteiger partial charge in [-0.2, -0.15) is 0 Å². The van der Waals surface area contributed by atoms with E-state index in [-0.39, 0.29) is 47.0 Å². The summed E-state index contributed by atoms with van der Waals surface area (Å²) in [5.74, 6) is 0.525. The van der Waals surface area contributed by atoms with Gasteiger partial charge in [0.05, 0.1) is 11.6 Å². The molecule has 0 aromatic heterocycles. The summed E-state index contributed by atoms with van der Waals surface area (Å²) >= 11 is 18.5. The van der Waals surface area contributed by atoms with Crippen molar-refractivity contribution in [3.63, 3.8) is 0 Å². The summed E-state index contributed by atoms with van der Waals surface area (Å²) in [6.07, 6.45) is 1.91. The van der Waals surface area contributed by atoms with Gasteiger partial charge in [0.15, 0.2) is 5.78 Å². The second-order valence-electron chi connectivity index (χ2n) is 9.54. The molecule has 0 bridgehead atoms. The van der Waals surface area contributed by atoms with Crippen LogP contribution in [-0.2, 0) is 11.2 Å². The quantitative estimate of drug-likeness (QED) is 0.179. The number of hydrogen-bond acceptors (Lipinski definition) is 6. The first-order valence-corrected chi connectivity index (χ1v) is 14.1. The van der Waals surface area contributed by atoms with E-state index in [1.807, 2.05) is 6.07 Å². The molecule has 10 heteroatoms. The topological polar surface area (TPSA) is 84.9 Å². The number of carbonyl (C=O) groups is 2. The van der Waals surface area contributed by atoms with Crippen LogP contribution < -0.4 is 48.9 Å². The third kappa shape index (κ3) is 8.01. The van der Waals surface area contributed by atoms with Crippen molar-refractivity contribution in [2.75, 3.05) is 6.61 Å². The Labute approximate surface area is 280 Å². The van der Waals surface area contributed by atoms with Crippen LogP contribution in [0.15, 0.2) is 78.9 Å². The zero-order valence-electron chi connectivity index (χ0n) is 22.7. The number of Topliss-reactive ketones (excluding diaryl/α,β-unsaturated/α-hetero) is 1. The third-order valence-electron chi connectivity index (χ3n) is 6.71. The number of ketones is 1. The van der Waals surface area contributed by atoms with E-state index in [2.05, 4.69) is 0 Å². The molecule has 210 valence electrons. The molecule has 0 spiro atoms. The summed E-state index contributed by atoms with van der Waals surface area (Å²) in [6.45, 7) is 0.262. The fourth-order valence-electron chi connectivity index (χ4n) is 4.59. The maximum atomic E-state index is 12.9. The Morgan fingerprint density at radius 2 is 1.48 bits per heavy atom.